The number of carbonyl (C=O) groups is 3. The number of rotatable bonds is 8. The highest BCUT2D eigenvalue weighted by Crippen LogP contribution is 2.36. The Kier molecular flexibility index (Phi) is 7.55. The van der Waals surface area contributed by atoms with Gasteiger partial charge in [0.25, 0.3) is 0 Å². The zero-order valence-electron chi connectivity index (χ0n) is 20.3. The molecule has 2 heterocycles. The predicted molar refractivity (Wildman–Crippen MR) is 131 cm³/mol. The van der Waals surface area contributed by atoms with Crippen molar-refractivity contribution < 1.29 is 28.6 Å². The standard InChI is InChI=1S/C26H31N3O6/c1-17-5-4-6-21(18(17)2)27-24(30)16-28(9-10-33-3)26(32)19-13-25(31)29(15-19)20-7-8-22-23(14-20)35-12-11-34-22/h4-8,14,19H,9-13,15-16H2,1-3H3,(H,27,30)/t19-/m1/s1. The third-order valence-electron chi connectivity index (χ3n) is 6.40. The van der Waals surface area contributed by atoms with Crippen LogP contribution >= 0.6 is 0 Å². The molecular formula is C26H31N3O6. The highest BCUT2D eigenvalue weighted by Gasteiger charge is 2.38. The van der Waals surface area contributed by atoms with Gasteiger partial charge in [0, 0.05) is 44.1 Å². The molecule has 0 bridgehead atoms. The number of methoxy groups -OCH3 is 1. The van der Waals surface area contributed by atoms with Gasteiger partial charge < -0.3 is 29.3 Å². The SMILES string of the molecule is COCCN(CC(=O)Nc1cccc(C)c1C)C(=O)[C@@H]1CC(=O)N(c2ccc3c(c2)OCCO3)C1. The molecule has 0 saturated carbocycles. The van der Waals surface area contributed by atoms with E-state index in [1.54, 1.807) is 30.2 Å². The summed E-state index contributed by atoms with van der Waals surface area (Å²) in [6.07, 6.45) is 0.0787. The third-order valence-corrected chi connectivity index (χ3v) is 6.40. The summed E-state index contributed by atoms with van der Waals surface area (Å²) >= 11 is 0. The number of nitrogens with zero attached hydrogens (tertiary/aromatic N) is 2. The molecule has 2 aliphatic heterocycles. The van der Waals surface area contributed by atoms with Gasteiger partial charge in [0.15, 0.2) is 11.5 Å². The summed E-state index contributed by atoms with van der Waals surface area (Å²) in [5.74, 6) is -0.0172. The molecule has 1 atom stereocenters. The van der Waals surface area contributed by atoms with Gasteiger partial charge in [0.1, 0.15) is 13.2 Å². The second kappa shape index (κ2) is 10.8. The Labute approximate surface area is 204 Å². The van der Waals surface area contributed by atoms with Crippen molar-refractivity contribution >= 4 is 29.1 Å². The van der Waals surface area contributed by atoms with Crippen LogP contribution in [0.1, 0.15) is 17.5 Å². The Morgan fingerprint density at radius 2 is 1.91 bits per heavy atom. The molecule has 0 aliphatic carbocycles. The van der Waals surface area contributed by atoms with Crippen LogP contribution in [-0.2, 0) is 19.1 Å². The molecule has 186 valence electrons. The fourth-order valence-electron chi connectivity index (χ4n) is 4.30. The number of fused-ring (bicyclic) bond motifs is 1. The van der Waals surface area contributed by atoms with Crippen LogP contribution in [0.5, 0.6) is 11.5 Å². The van der Waals surface area contributed by atoms with E-state index in [1.165, 1.54) is 4.90 Å². The molecule has 0 aromatic heterocycles. The normalized spacial score (nSPS) is 16.8. The topological polar surface area (TPSA) is 97.4 Å². The van der Waals surface area contributed by atoms with E-state index in [4.69, 9.17) is 14.2 Å². The highest BCUT2D eigenvalue weighted by molar-refractivity contribution is 6.01. The summed E-state index contributed by atoms with van der Waals surface area (Å²) in [6, 6.07) is 11.0. The summed E-state index contributed by atoms with van der Waals surface area (Å²) in [5.41, 5.74) is 3.42. The smallest absolute Gasteiger partial charge is 0.244 e. The molecule has 4 rings (SSSR count). The molecule has 2 aromatic rings. The first-order valence-electron chi connectivity index (χ1n) is 11.7. The molecule has 3 amide bonds. The van der Waals surface area contributed by atoms with Gasteiger partial charge in [-0.15, -0.1) is 0 Å². The van der Waals surface area contributed by atoms with Gasteiger partial charge in [0.2, 0.25) is 17.7 Å². The highest BCUT2D eigenvalue weighted by atomic mass is 16.6. The van der Waals surface area contributed by atoms with Crippen LogP contribution in [0.15, 0.2) is 36.4 Å². The number of ether oxygens (including phenoxy) is 3. The molecule has 1 fully saturated rings. The predicted octanol–water partition coefficient (Wildman–Crippen LogP) is 2.54. The first kappa shape index (κ1) is 24.5. The molecule has 9 nitrogen and oxygen atoms in total. The minimum Gasteiger partial charge on any atom is -0.486 e. The number of amides is 3. The number of carbonyl (C=O) groups excluding carboxylic acids is 3. The fourth-order valence-corrected chi connectivity index (χ4v) is 4.30. The number of hydrogen-bond donors (Lipinski definition) is 1. The van der Waals surface area contributed by atoms with Crippen LogP contribution in [-0.4, -0.2) is 69.2 Å². The van der Waals surface area contributed by atoms with E-state index < -0.39 is 5.92 Å². The van der Waals surface area contributed by atoms with Crippen molar-refractivity contribution in [1.82, 2.24) is 4.90 Å². The molecule has 1 N–H and O–H groups in total. The fraction of sp³-hybridized carbons (Fsp3) is 0.423. The van der Waals surface area contributed by atoms with Crippen molar-refractivity contribution in [2.75, 3.05) is 56.8 Å². The van der Waals surface area contributed by atoms with Crippen LogP contribution in [0, 0.1) is 19.8 Å². The first-order valence-corrected chi connectivity index (χ1v) is 11.7. The molecule has 2 aliphatic rings. The number of aryl methyl sites for hydroxylation is 1. The third kappa shape index (κ3) is 5.57. The van der Waals surface area contributed by atoms with Crippen LogP contribution in [0.4, 0.5) is 11.4 Å². The summed E-state index contributed by atoms with van der Waals surface area (Å²) in [5, 5.41) is 2.90. The van der Waals surface area contributed by atoms with Crippen LogP contribution in [0.3, 0.4) is 0 Å². The monoisotopic (exact) mass is 481 g/mol. The van der Waals surface area contributed by atoms with E-state index in [9.17, 15) is 14.4 Å². The maximum Gasteiger partial charge on any atom is 0.244 e. The Balaban J connectivity index is 1.44. The number of hydrogen-bond acceptors (Lipinski definition) is 6. The van der Waals surface area contributed by atoms with Crippen molar-refractivity contribution in [1.29, 1.82) is 0 Å². The van der Waals surface area contributed by atoms with Crippen molar-refractivity contribution in [2.45, 2.75) is 20.3 Å². The Bertz CT molecular complexity index is 1120. The van der Waals surface area contributed by atoms with Crippen LogP contribution in [0.25, 0.3) is 0 Å². The Hall–Kier alpha value is -3.59. The average Bonchev–Trinajstić information content (AvgIpc) is 3.25. The molecule has 0 radical (unpaired) electrons. The Morgan fingerprint density at radius 1 is 1.14 bits per heavy atom. The molecule has 0 unspecified atom stereocenters. The second-order valence-corrected chi connectivity index (χ2v) is 8.78. The zero-order valence-corrected chi connectivity index (χ0v) is 20.3. The minimum atomic E-state index is -0.555. The molecule has 1 saturated heterocycles. The lowest BCUT2D eigenvalue weighted by atomic mass is 10.1. The van der Waals surface area contributed by atoms with Gasteiger partial charge >= 0.3 is 0 Å². The maximum atomic E-state index is 13.4. The second-order valence-electron chi connectivity index (χ2n) is 8.78. The quantitative estimate of drug-likeness (QED) is 0.622. The van der Waals surface area contributed by atoms with Gasteiger partial charge in [-0.3, -0.25) is 14.4 Å². The van der Waals surface area contributed by atoms with Gasteiger partial charge in [-0.05, 0) is 43.2 Å². The summed E-state index contributed by atoms with van der Waals surface area (Å²) in [4.78, 5) is 42.1. The van der Waals surface area contributed by atoms with Crippen LogP contribution in [0.2, 0.25) is 0 Å². The average molecular weight is 482 g/mol. The largest absolute Gasteiger partial charge is 0.486 e. The van der Waals surface area contributed by atoms with Gasteiger partial charge in [-0.1, -0.05) is 12.1 Å². The first-order chi connectivity index (χ1) is 16.9. The summed E-state index contributed by atoms with van der Waals surface area (Å²) in [6.45, 7) is 5.51. The van der Waals surface area contributed by atoms with E-state index in [2.05, 4.69) is 5.32 Å². The van der Waals surface area contributed by atoms with Crippen molar-refractivity contribution in [3.05, 3.63) is 47.5 Å². The Morgan fingerprint density at radius 3 is 2.69 bits per heavy atom. The van der Waals surface area contributed by atoms with Gasteiger partial charge in [-0.25, -0.2) is 0 Å². The van der Waals surface area contributed by atoms with E-state index in [1.807, 2.05) is 32.0 Å². The number of nitrogens with one attached hydrogen (secondary N) is 1. The van der Waals surface area contributed by atoms with Crippen LogP contribution < -0.4 is 19.7 Å². The zero-order chi connectivity index (χ0) is 24.9. The molecule has 0 spiro atoms. The van der Waals surface area contributed by atoms with Gasteiger partial charge in [0.05, 0.1) is 19.1 Å². The van der Waals surface area contributed by atoms with E-state index in [0.29, 0.717) is 30.4 Å². The molecular weight excluding hydrogens is 450 g/mol. The van der Waals surface area contributed by atoms with Crippen molar-refractivity contribution in [3.63, 3.8) is 0 Å². The molecule has 9 heteroatoms. The lowest BCUT2D eigenvalue weighted by Gasteiger charge is -2.25. The molecule has 35 heavy (non-hydrogen) atoms. The maximum absolute atomic E-state index is 13.4. The number of anilines is 2. The van der Waals surface area contributed by atoms with Crippen molar-refractivity contribution in [3.8, 4) is 11.5 Å². The lowest BCUT2D eigenvalue weighted by molar-refractivity contribution is -0.139. The van der Waals surface area contributed by atoms with Crippen molar-refractivity contribution in [2.24, 2.45) is 5.92 Å². The van der Waals surface area contributed by atoms with E-state index in [-0.39, 0.29) is 50.4 Å². The van der Waals surface area contributed by atoms with E-state index >= 15 is 0 Å². The van der Waals surface area contributed by atoms with Gasteiger partial charge in [-0.2, -0.15) is 0 Å². The molecule has 2 aromatic carbocycles. The summed E-state index contributed by atoms with van der Waals surface area (Å²) < 4.78 is 16.3. The minimum absolute atomic E-state index is 0.0787. The lowest BCUT2D eigenvalue weighted by Crippen LogP contribution is -2.43. The number of benzene rings is 2. The summed E-state index contributed by atoms with van der Waals surface area (Å²) in [7, 11) is 1.54. The van der Waals surface area contributed by atoms with E-state index in [0.717, 1.165) is 16.8 Å².